The van der Waals surface area contributed by atoms with Gasteiger partial charge in [0.25, 0.3) is 0 Å². The zero-order valence-electron chi connectivity index (χ0n) is 10.4. The number of rotatable bonds is 1. The Morgan fingerprint density at radius 1 is 1.12 bits per heavy atom. The van der Waals surface area contributed by atoms with Crippen LogP contribution in [0, 0.1) is 13.8 Å². The highest BCUT2D eigenvalue weighted by atomic mass is 32.1. The van der Waals surface area contributed by atoms with E-state index in [2.05, 4.69) is 55.7 Å². The Bertz CT molecular complexity index is 710. The van der Waals surface area contributed by atoms with Crippen LogP contribution in [0.4, 0.5) is 0 Å². The van der Waals surface area contributed by atoms with Crippen molar-refractivity contribution in [1.29, 1.82) is 0 Å². The van der Waals surface area contributed by atoms with E-state index in [1.807, 2.05) is 11.3 Å². The molecule has 2 aromatic heterocycles. The molecule has 0 unspecified atom stereocenters. The van der Waals surface area contributed by atoms with E-state index in [-0.39, 0.29) is 0 Å². The van der Waals surface area contributed by atoms with Gasteiger partial charge < -0.3 is 0 Å². The van der Waals surface area contributed by atoms with Gasteiger partial charge in [0.1, 0.15) is 11.2 Å². The van der Waals surface area contributed by atoms with E-state index < -0.39 is 0 Å². The smallest absolute Gasteiger partial charge is 0.196 e. The molecular weight excluding hydrogens is 226 g/mol. The van der Waals surface area contributed by atoms with Gasteiger partial charge in [0.2, 0.25) is 0 Å². The van der Waals surface area contributed by atoms with Crippen LogP contribution in [0.5, 0.6) is 0 Å². The highest BCUT2D eigenvalue weighted by molar-refractivity contribution is 7.26. The van der Waals surface area contributed by atoms with Gasteiger partial charge >= 0.3 is 0 Å². The Hall–Kier alpha value is -1.41. The highest BCUT2D eigenvalue weighted by Gasteiger charge is 2.17. The molecule has 0 N–H and O–H groups in total. The largest absolute Gasteiger partial charge is 0.199 e. The van der Waals surface area contributed by atoms with Crippen LogP contribution in [0.2, 0.25) is 0 Å². The van der Waals surface area contributed by atoms with Crippen molar-refractivity contribution >= 4 is 31.5 Å². The van der Waals surface area contributed by atoms with Gasteiger partial charge in [-0.15, -0.1) is 11.3 Å². The molecule has 0 saturated carbocycles. The van der Waals surface area contributed by atoms with E-state index in [0.717, 1.165) is 6.54 Å². The summed E-state index contributed by atoms with van der Waals surface area (Å²) in [4.78, 5) is 0. The second-order valence-corrected chi connectivity index (χ2v) is 5.51. The SMILES string of the molecule is CC[n+]1c(C)cc2c(sc3ccccc32)c1C. The van der Waals surface area contributed by atoms with Crippen molar-refractivity contribution in [2.75, 3.05) is 0 Å². The van der Waals surface area contributed by atoms with Gasteiger partial charge in [-0.3, -0.25) is 0 Å². The average Bonchev–Trinajstić information content (AvgIpc) is 2.69. The fourth-order valence-corrected chi connectivity index (χ4v) is 3.83. The van der Waals surface area contributed by atoms with Crippen molar-refractivity contribution < 1.29 is 4.57 Å². The second kappa shape index (κ2) is 3.81. The molecular formula is C15H16NS+. The summed E-state index contributed by atoms with van der Waals surface area (Å²) in [5, 5.41) is 2.80. The normalized spacial score (nSPS) is 11.5. The molecule has 3 rings (SSSR count). The molecule has 0 saturated heterocycles. The van der Waals surface area contributed by atoms with Crippen LogP contribution in [0.15, 0.2) is 30.3 Å². The minimum Gasteiger partial charge on any atom is -0.199 e. The predicted octanol–water partition coefficient (Wildman–Crippen LogP) is 3.98. The fraction of sp³-hybridized carbons (Fsp3) is 0.267. The minimum absolute atomic E-state index is 1.04. The molecule has 86 valence electrons. The zero-order valence-corrected chi connectivity index (χ0v) is 11.3. The number of fused-ring (bicyclic) bond motifs is 3. The van der Waals surface area contributed by atoms with Gasteiger partial charge in [0.15, 0.2) is 11.4 Å². The summed E-state index contributed by atoms with van der Waals surface area (Å²) in [5.74, 6) is 0. The van der Waals surface area contributed by atoms with E-state index in [4.69, 9.17) is 0 Å². The number of hydrogen-bond acceptors (Lipinski definition) is 1. The molecule has 17 heavy (non-hydrogen) atoms. The van der Waals surface area contributed by atoms with Crippen LogP contribution >= 0.6 is 11.3 Å². The Kier molecular flexibility index (Phi) is 2.40. The van der Waals surface area contributed by atoms with Crippen LogP contribution in [0.25, 0.3) is 20.2 Å². The number of thiophene rings is 1. The number of aryl methyl sites for hydroxylation is 2. The maximum atomic E-state index is 2.39. The van der Waals surface area contributed by atoms with E-state index in [1.165, 1.54) is 31.6 Å². The number of benzene rings is 1. The summed E-state index contributed by atoms with van der Waals surface area (Å²) in [7, 11) is 0. The van der Waals surface area contributed by atoms with Gasteiger partial charge in [-0.05, 0) is 13.0 Å². The second-order valence-electron chi connectivity index (χ2n) is 4.46. The first-order valence-electron chi connectivity index (χ1n) is 6.03. The third-order valence-electron chi connectivity index (χ3n) is 3.46. The molecule has 0 spiro atoms. The van der Waals surface area contributed by atoms with Crippen molar-refractivity contribution in [2.45, 2.75) is 27.3 Å². The van der Waals surface area contributed by atoms with Crippen molar-refractivity contribution in [3.63, 3.8) is 0 Å². The number of hydrogen-bond donors (Lipinski definition) is 0. The molecule has 1 aromatic carbocycles. The molecule has 3 aromatic rings. The van der Waals surface area contributed by atoms with E-state index in [9.17, 15) is 0 Å². The molecule has 2 heterocycles. The van der Waals surface area contributed by atoms with Gasteiger partial charge in [-0.2, -0.15) is 4.57 Å². The Morgan fingerprint density at radius 3 is 2.65 bits per heavy atom. The van der Waals surface area contributed by atoms with Gasteiger partial charge in [0.05, 0.1) is 0 Å². The van der Waals surface area contributed by atoms with Crippen molar-refractivity contribution in [1.82, 2.24) is 0 Å². The lowest BCUT2D eigenvalue weighted by atomic mass is 10.1. The molecule has 0 aliphatic rings. The lowest BCUT2D eigenvalue weighted by Crippen LogP contribution is -2.38. The predicted molar refractivity (Wildman–Crippen MR) is 74.7 cm³/mol. The highest BCUT2D eigenvalue weighted by Crippen LogP contribution is 2.34. The summed E-state index contributed by atoms with van der Waals surface area (Å²) < 4.78 is 5.20. The Labute approximate surface area is 105 Å². The molecule has 0 aliphatic carbocycles. The summed E-state index contributed by atoms with van der Waals surface area (Å²) in [6.45, 7) is 7.68. The Morgan fingerprint density at radius 2 is 1.88 bits per heavy atom. The summed E-state index contributed by atoms with van der Waals surface area (Å²) in [6.07, 6.45) is 0. The van der Waals surface area contributed by atoms with Crippen LogP contribution in [-0.2, 0) is 6.54 Å². The third kappa shape index (κ3) is 1.48. The number of aromatic nitrogens is 1. The average molecular weight is 242 g/mol. The topological polar surface area (TPSA) is 3.88 Å². The molecule has 0 atom stereocenters. The lowest BCUT2D eigenvalue weighted by molar-refractivity contribution is -0.703. The van der Waals surface area contributed by atoms with Crippen LogP contribution in [0.3, 0.4) is 0 Å². The van der Waals surface area contributed by atoms with Crippen LogP contribution in [0.1, 0.15) is 18.3 Å². The quantitative estimate of drug-likeness (QED) is 0.568. The van der Waals surface area contributed by atoms with Gasteiger partial charge in [0, 0.05) is 35.4 Å². The van der Waals surface area contributed by atoms with E-state index in [1.54, 1.807) is 0 Å². The van der Waals surface area contributed by atoms with Crippen LogP contribution in [-0.4, -0.2) is 0 Å². The molecule has 0 aliphatic heterocycles. The lowest BCUT2D eigenvalue weighted by Gasteiger charge is -2.02. The molecule has 0 amide bonds. The third-order valence-corrected chi connectivity index (χ3v) is 4.76. The standard InChI is InChI=1S/C15H16NS/c1-4-16-10(2)9-13-12-7-5-6-8-14(12)17-15(13)11(16)3/h5-9H,4H2,1-3H3/q+1. The summed E-state index contributed by atoms with van der Waals surface area (Å²) >= 11 is 1.91. The van der Waals surface area contributed by atoms with Crippen molar-refractivity contribution in [2.24, 2.45) is 0 Å². The first kappa shape index (κ1) is 10.7. The maximum absolute atomic E-state index is 2.39. The van der Waals surface area contributed by atoms with Gasteiger partial charge in [-0.1, -0.05) is 18.2 Å². The Balaban J connectivity index is 2.53. The number of nitrogens with zero attached hydrogens (tertiary/aromatic N) is 1. The number of pyridine rings is 1. The van der Waals surface area contributed by atoms with E-state index in [0.29, 0.717) is 0 Å². The zero-order chi connectivity index (χ0) is 12.0. The fourth-order valence-electron chi connectivity index (χ4n) is 2.64. The minimum atomic E-state index is 1.04. The first-order chi connectivity index (χ1) is 8.22. The van der Waals surface area contributed by atoms with E-state index >= 15 is 0 Å². The van der Waals surface area contributed by atoms with Gasteiger partial charge in [-0.25, -0.2) is 0 Å². The first-order valence-corrected chi connectivity index (χ1v) is 6.85. The summed E-state index contributed by atoms with van der Waals surface area (Å²) in [5.41, 5.74) is 2.74. The molecule has 0 radical (unpaired) electrons. The monoisotopic (exact) mass is 242 g/mol. The van der Waals surface area contributed by atoms with Crippen molar-refractivity contribution in [3.05, 3.63) is 41.7 Å². The molecule has 1 nitrogen and oxygen atoms in total. The molecule has 2 heteroatoms. The summed E-state index contributed by atoms with van der Waals surface area (Å²) in [6, 6.07) is 11.0. The molecule has 0 bridgehead atoms. The van der Waals surface area contributed by atoms with Crippen LogP contribution < -0.4 is 4.57 Å². The molecule has 0 fully saturated rings. The van der Waals surface area contributed by atoms with Crippen molar-refractivity contribution in [3.8, 4) is 0 Å². The maximum Gasteiger partial charge on any atom is 0.196 e.